The third-order valence-corrected chi connectivity index (χ3v) is 1.91. The van der Waals surface area contributed by atoms with E-state index in [9.17, 15) is 9.00 Å². The van der Waals surface area contributed by atoms with Crippen molar-refractivity contribution < 1.29 is 14.1 Å². The van der Waals surface area contributed by atoms with Crippen LogP contribution in [0.1, 0.15) is 13.3 Å². The highest BCUT2D eigenvalue weighted by Gasteiger charge is 2.12. The van der Waals surface area contributed by atoms with Crippen molar-refractivity contribution >= 4 is 17.1 Å². The van der Waals surface area contributed by atoms with Crippen LogP contribution in [0, 0.1) is 0 Å². The molecule has 0 aliphatic heterocycles. The van der Waals surface area contributed by atoms with Crippen molar-refractivity contribution in [3.8, 4) is 0 Å². The van der Waals surface area contributed by atoms with Gasteiger partial charge in [-0.15, -0.1) is 0 Å². The molecule has 0 saturated carbocycles. The maximum atomic E-state index is 10.6. The van der Waals surface area contributed by atoms with E-state index in [1.54, 1.807) is 0 Å². The van der Waals surface area contributed by atoms with Gasteiger partial charge in [0.05, 0.1) is 0 Å². The topological polar surface area (TPSA) is 57.6 Å². The first-order chi connectivity index (χ1) is 4.59. The second-order valence-electron chi connectivity index (χ2n) is 1.81. The second kappa shape index (κ2) is 4.27. The molecule has 1 atom stereocenters. The number of hydrogen-bond donors (Lipinski definition) is 1. The molecule has 0 fully saturated rings. The van der Waals surface area contributed by atoms with Gasteiger partial charge in [-0.25, -0.2) is 13.3 Å². The van der Waals surface area contributed by atoms with E-state index in [1.807, 2.05) is 6.92 Å². The van der Waals surface area contributed by atoms with Crippen LogP contribution >= 0.6 is 0 Å². The highest BCUT2D eigenvalue weighted by atomic mass is 32.2. The van der Waals surface area contributed by atoms with Crippen molar-refractivity contribution in [3.63, 3.8) is 0 Å². The summed E-state index contributed by atoms with van der Waals surface area (Å²) in [5.41, 5.74) is 0. The Bertz CT molecular complexity index is 134. The van der Waals surface area contributed by atoms with Crippen LogP contribution in [0.4, 0.5) is 4.79 Å². The first-order valence-electron chi connectivity index (χ1n) is 2.93. The van der Waals surface area contributed by atoms with Gasteiger partial charge in [-0.05, 0) is 6.42 Å². The van der Waals surface area contributed by atoms with Crippen molar-refractivity contribution in [3.05, 3.63) is 0 Å². The summed E-state index contributed by atoms with van der Waals surface area (Å²) in [6.07, 6.45) is 0.915. The summed E-state index contributed by atoms with van der Waals surface area (Å²) in [4.78, 5) is 10.3. The van der Waals surface area contributed by atoms with Crippen LogP contribution in [0.2, 0.25) is 0 Å². The SMILES string of the molecule is CCCN(C(=O)O)S(C)=O. The Balaban J connectivity index is 3.98. The lowest BCUT2D eigenvalue weighted by Crippen LogP contribution is -2.31. The minimum absolute atomic E-state index is 0.332. The van der Waals surface area contributed by atoms with Gasteiger partial charge in [0.25, 0.3) is 0 Å². The average molecular weight is 165 g/mol. The van der Waals surface area contributed by atoms with Gasteiger partial charge in [0.2, 0.25) is 0 Å². The lowest BCUT2D eigenvalue weighted by atomic mass is 10.5. The van der Waals surface area contributed by atoms with Crippen LogP contribution in [-0.4, -0.2) is 32.5 Å². The van der Waals surface area contributed by atoms with Gasteiger partial charge in [-0.1, -0.05) is 6.92 Å². The highest BCUT2D eigenvalue weighted by molar-refractivity contribution is 7.82. The molecule has 60 valence electrons. The summed E-state index contributed by atoms with van der Waals surface area (Å²) in [7, 11) is -1.40. The van der Waals surface area contributed by atoms with Crippen molar-refractivity contribution in [2.45, 2.75) is 13.3 Å². The number of nitrogens with zero attached hydrogens (tertiary/aromatic N) is 1. The Kier molecular flexibility index (Phi) is 4.02. The summed E-state index contributed by atoms with van der Waals surface area (Å²) in [6.45, 7) is 2.17. The summed E-state index contributed by atoms with van der Waals surface area (Å²) in [5.74, 6) is 0. The molecule has 1 N–H and O–H groups in total. The van der Waals surface area contributed by atoms with Crippen molar-refractivity contribution in [1.29, 1.82) is 0 Å². The molecule has 0 aromatic carbocycles. The van der Waals surface area contributed by atoms with Gasteiger partial charge in [-0.2, -0.15) is 0 Å². The van der Waals surface area contributed by atoms with Crippen LogP contribution in [0.5, 0.6) is 0 Å². The largest absolute Gasteiger partial charge is 0.464 e. The van der Waals surface area contributed by atoms with E-state index >= 15 is 0 Å². The molecule has 1 amide bonds. The quantitative estimate of drug-likeness (QED) is 0.668. The fourth-order valence-corrected chi connectivity index (χ4v) is 1.20. The molecule has 0 rings (SSSR count). The Morgan fingerprint density at radius 3 is 2.30 bits per heavy atom. The molecule has 0 aromatic rings. The zero-order valence-electron chi connectivity index (χ0n) is 6.03. The molecule has 0 aliphatic rings. The normalized spacial score (nSPS) is 12.6. The molecule has 1 unspecified atom stereocenters. The predicted molar refractivity (Wildman–Crippen MR) is 39.1 cm³/mol. The minimum Gasteiger partial charge on any atom is -0.464 e. The summed E-state index contributed by atoms with van der Waals surface area (Å²) in [5, 5.41) is 8.41. The maximum absolute atomic E-state index is 10.6. The van der Waals surface area contributed by atoms with Gasteiger partial charge in [0.1, 0.15) is 11.0 Å². The van der Waals surface area contributed by atoms with Crippen LogP contribution in [0.3, 0.4) is 0 Å². The molecule has 0 radical (unpaired) electrons. The molecular weight excluding hydrogens is 154 g/mol. The van der Waals surface area contributed by atoms with Crippen molar-refractivity contribution in [2.24, 2.45) is 0 Å². The summed E-state index contributed by atoms with van der Waals surface area (Å²) in [6, 6.07) is 0. The summed E-state index contributed by atoms with van der Waals surface area (Å²) >= 11 is 0. The van der Waals surface area contributed by atoms with Crippen molar-refractivity contribution in [1.82, 2.24) is 4.31 Å². The van der Waals surface area contributed by atoms with E-state index in [0.717, 1.165) is 4.31 Å². The van der Waals surface area contributed by atoms with Crippen LogP contribution in [-0.2, 0) is 11.0 Å². The van der Waals surface area contributed by atoms with Gasteiger partial charge in [0.15, 0.2) is 0 Å². The second-order valence-corrected chi connectivity index (χ2v) is 3.10. The number of rotatable bonds is 3. The molecule has 0 saturated heterocycles. The molecule has 0 aromatic heterocycles. The van der Waals surface area contributed by atoms with Crippen LogP contribution in [0.25, 0.3) is 0 Å². The molecule has 0 bridgehead atoms. The van der Waals surface area contributed by atoms with Gasteiger partial charge < -0.3 is 5.11 Å². The molecule has 0 spiro atoms. The fourth-order valence-electron chi connectivity index (χ4n) is 0.537. The van der Waals surface area contributed by atoms with Crippen LogP contribution < -0.4 is 0 Å². The van der Waals surface area contributed by atoms with E-state index in [-0.39, 0.29) is 0 Å². The predicted octanol–water partition coefficient (Wildman–Crippen LogP) is 0.670. The van der Waals surface area contributed by atoms with Gasteiger partial charge in [-0.3, -0.25) is 0 Å². The number of amides is 1. The van der Waals surface area contributed by atoms with Crippen LogP contribution in [0.15, 0.2) is 0 Å². The Morgan fingerprint density at radius 1 is 1.70 bits per heavy atom. The van der Waals surface area contributed by atoms with E-state index in [1.165, 1.54) is 6.26 Å². The van der Waals surface area contributed by atoms with E-state index < -0.39 is 17.1 Å². The van der Waals surface area contributed by atoms with Gasteiger partial charge >= 0.3 is 6.09 Å². The first-order valence-corrected chi connectivity index (χ1v) is 4.45. The molecule has 4 nitrogen and oxygen atoms in total. The average Bonchev–Trinajstić information content (AvgIpc) is 1.81. The number of hydrogen-bond acceptors (Lipinski definition) is 2. The Morgan fingerprint density at radius 2 is 2.20 bits per heavy atom. The smallest absolute Gasteiger partial charge is 0.419 e. The molecular formula is C5H11NO3S. The highest BCUT2D eigenvalue weighted by Crippen LogP contribution is 1.94. The minimum atomic E-state index is -1.40. The monoisotopic (exact) mass is 165 g/mol. The van der Waals surface area contributed by atoms with Gasteiger partial charge in [0, 0.05) is 12.8 Å². The molecule has 5 heteroatoms. The Labute approximate surface area is 62.4 Å². The lowest BCUT2D eigenvalue weighted by molar-refractivity contribution is 0.174. The zero-order valence-corrected chi connectivity index (χ0v) is 6.85. The third kappa shape index (κ3) is 2.82. The molecule has 0 aliphatic carbocycles. The Hall–Kier alpha value is -0.580. The third-order valence-electron chi connectivity index (χ3n) is 0.950. The van der Waals surface area contributed by atoms with E-state index in [2.05, 4.69) is 0 Å². The number of carbonyl (C=O) groups is 1. The zero-order chi connectivity index (χ0) is 8.15. The van der Waals surface area contributed by atoms with E-state index in [0.29, 0.717) is 13.0 Å². The first kappa shape index (κ1) is 9.42. The van der Waals surface area contributed by atoms with E-state index in [4.69, 9.17) is 5.11 Å². The molecule has 10 heavy (non-hydrogen) atoms. The number of carboxylic acid groups (broad SMARTS) is 1. The fraction of sp³-hybridized carbons (Fsp3) is 0.800. The summed E-state index contributed by atoms with van der Waals surface area (Å²) < 4.78 is 11.5. The van der Waals surface area contributed by atoms with Crippen molar-refractivity contribution in [2.75, 3.05) is 12.8 Å². The lowest BCUT2D eigenvalue weighted by Gasteiger charge is -2.13. The maximum Gasteiger partial charge on any atom is 0.419 e. The standard InChI is InChI=1S/C5H11NO3S/c1-3-4-6(5(7)8)10(2)9/h3-4H2,1-2H3,(H,7,8). The molecule has 0 heterocycles.